The monoisotopic (exact) mass is 361 g/mol. The molecule has 0 radical (unpaired) electrons. The largest absolute Gasteiger partial charge is 1.00 e. The SMILES string of the molecule is O=C([O-])[C@H](Cc1ccccc1)NC(=O)P(=O)([O-])OCCO.[Na+].[Na+]. The van der Waals surface area contributed by atoms with Crippen molar-refractivity contribution < 1.29 is 92.9 Å². The van der Waals surface area contributed by atoms with Crippen molar-refractivity contribution in [3.63, 3.8) is 0 Å². The van der Waals surface area contributed by atoms with E-state index in [4.69, 9.17) is 5.11 Å². The van der Waals surface area contributed by atoms with Crippen LogP contribution in [0.3, 0.4) is 0 Å². The summed E-state index contributed by atoms with van der Waals surface area (Å²) in [6.45, 7) is -1.17. The molecule has 0 heterocycles. The Morgan fingerprint density at radius 2 is 1.83 bits per heavy atom. The number of aliphatic hydroxyl groups excluding tert-OH is 1. The van der Waals surface area contributed by atoms with Crippen LogP contribution in [0.4, 0.5) is 4.79 Å². The van der Waals surface area contributed by atoms with Gasteiger partial charge in [-0.25, -0.2) is 0 Å². The van der Waals surface area contributed by atoms with E-state index in [1.165, 1.54) is 0 Å². The standard InChI is InChI=1S/C12H16NO7P.2Na/c14-6-7-20-21(18,19)12(17)13-10(11(15)16)8-9-4-2-1-3-5-9;;/h1-5,10,14H,6-8H2,(H,13,17)(H,15,16)(H,18,19);;/q;2*+1/p-2/t10-;;/m0../s1. The molecule has 0 fully saturated rings. The average Bonchev–Trinajstić information content (AvgIpc) is 2.45. The first-order chi connectivity index (χ1) is 9.86. The summed E-state index contributed by atoms with van der Waals surface area (Å²) in [5.41, 5.74) is -0.981. The number of rotatable bonds is 8. The third-order valence-corrected chi connectivity index (χ3v) is 3.62. The smallest absolute Gasteiger partial charge is 0.772 e. The Morgan fingerprint density at radius 1 is 1.26 bits per heavy atom. The molecule has 0 aromatic heterocycles. The first-order valence-electron chi connectivity index (χ1n) is 5.99. The van der Waals surface area contributed by atoms with Crippen molar-refractivity contribution >= 4 is 19.2 Å². The van der Waals surface area contributed by atoms with Gasteiger partial charge in [-0.15, -0.1) is 0 Å². The average molecular weight is 361 g/mol. The quantitative estimate of drug-likeness (QED) is 0.346. The molecule has 0 aliphatic carbocycles. The fourth-order valence-corrected chi connectivity index (χ4v) is 2.24. The number of hydrogen-bond acceptors (Lipinski definition) is 7. The number of benzene rings is 1. The Morgan fingerprint density at radius 3 is 2.30 bits per heavy atom. The molecule has 1 amide bonds. The van der Waals surface area contributed by atoms with Crippen LogP contribution < -0.4 is 74.4 Å². The molecule has 0 saturated heterocycles. The van der Waals surface area contributed by atoms with Crippen molar-refractivity contribution in [1.29, 1.82) is 0 Å². The van der Waals surface area contributed by atoms with E-state index in [-0.39, 0.29) is 65.5 Å². The summed E-state index contributed by atoms with van der Waals surface area (Å²) in [7, 11) is -4.95. The van der Waals surface area contributed by atoms with Gasteiger partial charge in [-0.2, -0.15) is 0 Å². The summed E-state index contributed by atoms with van der Waals surface area (Å²) in [6, 6.07) is 6.81. The molecule has 1 rings (SSSR count). The van der Waals surface area contributed by atoms with E-state index in [1.807, 2.05) is 5.32 Å². The van der Waals surface area contributed by atoms with Crippen LogP contribution in [0.5, 0.6) is 0 Å². The molecule has 116 valence electrons. The molecule has 23 heavy (non-hydrogen) atoms. The molecule has 2 atom stereocenters. The Labute approximate surface area is 177 Å². The van der Waals surface area contributed by atoms with E-state index >= 15 is 0 Å². The summed E-state index contributed by atoms with van der Waals surface area (Å²) in [5, 5.41) is 21.3. The zero-order valence-electron chi connectivity index (χ0n) is 12.9. The molecular formula is C12H14NNa2O7P. The summed E-state index contributed by atoms with van der Waals surface area (Å²) in [4.78, 5) is 33.8. The molecule has 0 aliphatic rings. The van der Waals surface area contributed by atoms with E-state index in [1.54, 1.807) is 30.3 Å². The fourth-order valence-electron chi connectivity index (χ4n) is 1.49. The van der Waals surface area contributed by atoms with Crippen molar-refractivity contribution in [2.45, 2.75) is 12.5 Å². The maximum absolute atomic E-state index is 11.5. The Hall–Kier alpha value is 0.270. The zero-order valence-corrected chi connectivity index (χ0v) is 17.8. The summed E-state index contributed by atoms with van der Waals surface area (Å²) >= 11 is 0. The molecule has 1 aromatic rings. The van der Waals surface area contributed by atoms with Gasteiger partial charge in [-0.05, 0) is 12.0 Å². The van der Waals surface area contributed by atoms with E-state index in [2.05, 4.69) is 4.52 Å². The van der Waals surface area contributed by atoms with Crippen molar-refractivity contribution in [2.75, 3.05) is 13.2 Å². The van der Waals surface area contributed by atoms with Crippen LogP contribution in [0.15, 0.2) is 30.3 Å². The summed E-state index contributed by atoms with van der Waals surface area (Å²) < 4.78 is 15.6. The maximum atomic E-state index is 11.5. The number of aliphatic carboxylic acids is 1. The van der Waals surface area contributed by atoms with Crippen LogP contribution in [0.25, 0.3) is 0 Å². The van der Waals surface area contributed by atoms with E-state index in [0.29, 0.717) is 5.56 Å². The van der Waals surface area contributed by atoms with Gasteiger partial charge in [-0.3, -0.25) is 9.36 Å². The molecule has 1 aromatic carbocycles. The fraction of sp³-hybridized carbons (Fsp3) is 0.333. The minimum Gasteiger partial charge on any atom is -0.772 e. The Kier molecular flexibility index (Phi) is 14.0. The van der Waals surface area contributed by atoms with Gasteiger partial charge in [0, 0.05) is 0 Å². The van der Waals surface area contributed by atoms with E-state index in [0.717, 1.165) is 0 Å². The van der Waals surface area contributed by atoms with Crippen molar-refractivity contribution in [3.8, 4) is 0 Å². The normalized spacial score (nSPS) is 13.7. The summed E-state index contributed by atoms with van der Waals surface area (Å²) in [6.07, 6.45) is -0.130. The predicted molar refractivity (Wildman–Crippen MR) is 68.1 cm³/mol. The van der Waals surface area contributed by atoms with Gasteiger partial charge in [0.2, 0.25) is 7.60 Å². The number of nitrogens with one attached hydrogen (secondary N) is 1. The first-order valence-corrected chi connectivity index (χ1v) is 7.53. The van der Waals surface area contributed by atoms with Gasteiger partial charge in [0.1, 0.15) is 0 Å². The van der Waals surface area contributed by atoms with Gasteiger partial charge in [0.25, 0.3) is 5.65 Å². The molecule has 1 unspecified atom stereocenters. The molecular weight excluding hydrogens is 347 g/mol. The number of hydrogen-bond donors (Lipinski definition) is 2. The number of carboxylic acids is 1. The minimum atomic E-state index is -4.95. The topological polar surface area (TPSA) is 139 Å². The van der Waals surface area contributed by atoms with E-state index < -0.39 is 38.5 Å². The maximum Gasteiger partial charge on any atom is 1.00 e. The van der Waals surface area contributed by atoms with Gasteiger partial charge in [-0.1, -0.05) is 30.3 Å². The second-order valence-corrected chi connectivity index (χ2v) is 5.72. The number of aliphatic hydroxyl groups is 1. The van der Waals surface area contributed by atoms with Crippen molar-refractivity contribution in [3.05, 3.63) is 35.9 Å². The molecule has 0 bridgehead atoms. The number of carboxylic acid groups (broad SMARTS) is 1. The van der Waals surface area contributed by atoms with Crippen LogP contribution in [0.2, 0.25) is 0 Å². The van der Waals surface area contributed by atoms with Crippen LogP contribution in [-0.2, 0) is 20.3 Å². The van der Waals surface area contributed by atoms with Gasteiger partial charge in [0.15, 0.2) is 0 Å². The van der Waals surface area contributed by atoms with Crippen molar-refractivity contribution in [2.24, 2.45) is 0 Å². The van der Waals surface area contributed by atoms with Gasteiger partial charge in [0.05, 0.1) is 25.2 Å². The zero-order chi connectivity index (χ0) is 15.9. The molecule has 0 spiro atoms. The third-order valence-electron chi connectivity index (χ3n) is 2.47. The Balaban J connectivity index is 0. The van der Waals surface area contributed by atoms with Crippen molar-refractivity contribution in [1.82, 2.24) is 5.32 Å². The summed E-state index contributed by atoms with van der Waals surface area (Å²) in [5.74, 6) is -1.62. The van der Waals surface area contributed by atoms with Gasteiger partial charge >= 0.3 is 59.1 Å². The van der Waals surface area contributed by atoms with Crippen LogP contribution in [0.1, 0.15) is 5.56 Å². The first kappa shape index (κ1) is 25.5. The molecule has 0 aliphatic heterocycles. The van der Waals surface area contributed by atoms with Crippen LogP contribution in [-0.4, -0.2) is 36.0 Å². The number of carbonyl (C=O) groups is 2. The molecule has 0 saturated carbocycles. The minimum absolute atomic E-state index is 0. The predicted octanol–water partition coefficient (Wildman–Crippen LogP) is -7.37. The van der Waals surface area contributed by atoms with Crippen LogP contribution in [0, 0.1) is 0 Å². The second kappa shape index (κ2) is 12.6. The molecule has 11 heteroatoms. The number of amides is 1. The Bertz CT molecular complexity index is 543. The molecule has 8 nitrogen and oxygen atoms in total. The second-order valence-electron chi connectivity index (χ2n) is 4.07. The molecule has 2 N–H and O–H groups in total. The number of carbonyl (C=O) groups excluding carboxylic acids is 2. The van der Waals surface area contributed by atoms with E-state index in [9.17, 15) is 24.2 Å². The third kappa shape index (κ3) is 9.36. The van der Waals surface area contributed by atoms with Gasteiger partial charge < -0.3 is 29.7 Å². The van der Waals surface area contributed by atoms with Crippen LogP contribution >= 0.6 is 7.60 Å².